The number of benzene rings is 1. The van der Waals surface area contributed by atoms with Crippen LogP contribution in [0, 0.1) is 12.7 Å². The van der Waals surface area contributed by atoms with Crippen molar-refractivity contribution in [3.05, 3.63) is 35.1 Å². The van der Waals surface area contributed by atoms with E-state index in [1.165, 1.54) is 6.07 Å². The van der Waals surface area contributed by atoms with Crippen LogP contribution in [-0.2, 0) is 11.3 Å². The molecule has 0 aromatic heterocycles. The summed E-state index contributed by atoms with van der Waals surface area (Å²) in [7, 11) is 0. The summed E-state index contributed by atoms with van der Waals surface area (Å²) in [5.74, 6) is -0.139. The Bertz CT molecular complexity index is 315. The fraction of sp³-hybridized carbons (Fsp3) is 0.538. The average molecular weight is 225 g/mol. The monoisotopic (exact) mass is 225 g/mol. The molecule has 90 valence electrons. The lowest BCUT2D eigenvalue weighted by molar-refractivity contribution is 0.144. The van der Waals surface area contributed by atoms with Crippen molar-refractivity contribution in [3.63, 3.8) is 0 Å². The molecule has 0 spiro atoms. The van der Waals surface area contributed by atoms with Crippen LogP contribution < -0.4 is 5.32 Å². The lowest BCUT2D eigenvalue weighted by Crippen LogP contribution is -2.16. The fourth-order valence-corrected chi connectivity index (χ4v) is 1.49. The Kier molecular flexibility index (Phi) is 6.04. The van der Waals surface area contributed by atoms with Crippen LogP contribution in [0.5, 0.6) is 0 Å². The van der Waals surface area contributed by atoms with Gasteiger partial charge >= 0.3 is 0 Å². The predicted molar refractivity (Wildman–Crippen MR) is 64.0 cm³/mol. The molecule has 0 atom stereocenters. The number of nitrogens with one attached hydrogen (secondary N) is 1. The maximum Gasteiger partial charge on any atom is 0.126 e. The molecule has 0 fully saturated rings. The van der Waals surface area contributed by atoms with Crippen molar-refractivity contribution in [3.8, 4) is 0 Å². The van der Waals surface area contributed by atoms with E-state index in [9.17, 15) is 4.39 Å². The van der Waals surface area contributed by atoms with E-state index in [-0.39, 0.29) is 5.82 Å². The summed E-state index contributed by atoms with van der Waals surface area (Å²) in [6, 6.07) is 5.22. The molecule has 0 unspecified atom stereocenters. The van der Waals surface area contributed by atoms with Gasteiger partial charge in [-0.2, -0.15) is 0 Å². The van der Waals surface area contributed by atoms with Gasteiger partial charge < -0.3 is 10.1 Å². The van der Waals surface area contributed by atoms with E-state index in [1.54, 1.807) is 6.92 Å². The topological polar surface area (TPSA) is 21.3 Å². The smallest absolute Gasteiger partial charge is 0.126 e. The Morgan fingerprint density at radius 3 is 2.88 bits per heavy atom. The van der Waals surface area contributed by atoms with Gasteiger partial charge in [0, 0.05) is 19.8 Å². The third-order valence-corrected chi connectivity index (χ3v) is 2.40. The Labute approximate surface area is 96.8 Å². The molecular formula is C13H20FNO. The Hall–Kier alpha value is -0.930. The average Bonchev–Trinajstić information content (AvgIpc) is 2.28. The zero-order chi connectivity index (χ0) is 11.8. The molecule has 1 aromatic carbocycles. The van der Waals surface area contributed by atoms with Crippen LogP contribution in [0.2, 0.25) is 0 Å². The van der Waals surface area contributed by atoms with Crippen LogP contribution in [0.25, 0.3) is 0 Å². The minimum absolute atomic E-state index is 0.139. The van der Waals surface area contributed by atoms with Gasteiger partial charge in [-0.15, -0.1) is 0 Å². The zero-order valence-corrected chi connectivity index (χ0v) is 10.1. The fourth-order valence-electron chi connectivity index (χ4n) is 1.49. The largest absolute Gasteiger partial charge is 0.382 e. The molecule has 0 bridgehead atoms. The molecule has 0 aliphatic rings. The minimum atomic E-state index is -0.139. The van der Waals surface area contributed by atoms with Crippen LogP contribution in [-0.4, -0.2) is 19.8 Å². The molecular weight excluding hydrogens is 205 g/mol. The number of aryl methyl sites for hydroxylation is 1. The van der Waals surface area contributed by atoms with Gasteiger partial charge in [0.1, 0.15) is 5.82 Å². The second-order valence-electron chi connectivity index (χ2n) is 3.81. The van der Waals surface area contributed by atoms with Crippen LogP contribution in [0.3, 0.4) is 0 Å². The number of hydrogen-bond acceptors (Lipinski definition) is 2. The van der Waals surface area contributed by atoms with Gasteiger partial charge in [-0.05, 0) is 44.0 Å². The van der Waals surface area contributed by atoms with Crippen molar-refractivity contribution in [2.45, 2.75) is 26.8 Å². The predicted octanol–water partition coefficient (Wildman–Crippen LogP) is 2.65. The highest BCUT2D eigenvalue weighted by atomic mass is 19.1. The second kappa shape index (κ2) is 7.36. The van der Waals surface area contributed by atoms with Crippen LogP contribution in [0.1, 0.15) is 24.5 Å². The van der Waals surface area contributed by atoms with Crippen molar-refractivity contribution in [2.24, 2.45) is 0 Å². The first kappa shape index (κ1) is 13.1. The first-order valence-electron chi connectivity index (χ1n) is 5.77. The molecule has 16 heavy (non-hydrogen) atoms. The molecule has 2 nitrogen and oxygen atoms in total. The SMILES string of the molecule is CCOCCCNCc1ccc(F)c(C)c1. The van der Waals surface area contributed by atoms with Gasteiger partial charge in [-0.1, -0.05) is 12.1 Å². The number of rotatable bonds is 7. The molecule has 0 radical (unpaired) electrons. The van der Waals surface area contributed by atoms with Crippen molar-refractivity contribution in [1.82, 2.24) is 5.32 Å². The van der Waals surface area contributed by atoms with Crippen molar-refractivity contribution in [2.75, 3.05) is 19.8 Å². The quantitative estimate of drug-likeness (QED) is 0.720. The van der Waals surface area contributed by atoms with E-state index >= 15 is 0 Å². The summed E-state index contributed by atoms with van der Waals surface area (Å²) in [4.78, 5) is 0. The van der Waals surface area contributed by atoms with Crippen LogP contribution >= 0.6 is 0 Å². The number of ether oxygens (including phenoxy) is 1. The lowest BCUT2D eigenvalue weighted by Gasteiger charge is -2.06. The summed E-state index contributed by atoms with van der Waals surface area (Å²) in [5.41, 5.74) is 1.82. The van der Waals surface area contributed by atoms with Gasteiger partial charge in [-0.25, -0.2) is 4.39 Å². The summed E-state index contributed by atoms with van der Waals surface area (Å²) in [5, 5.41) is 3.30. The highest BCUT2D eigenvalue weighted by Gasteiger charge is 1.98. The molecule has 0 saturated heterocycles. The van der Waals surface area contributed by atoms with Crippen LogP contribution in [0.4, 0.5) is 4.39 Å². The van der Waals surface area contributed by atoms with Crippen LogP contribution in [0.15, 0.2) is 18.2 Å². The third-order valence-electron chi connectivity index (χ3n) is 2.40. The molecule has 0 saturated carbocycles. The Balaban J connectivity index is 2.19. The molecule has 1 N–H and O–H groups in total. The summed E-state index contributed by atoms with van der Waals surface area (Å²) < 4.78 is 18.2. The summed E-state index contributed by atoms with van der Waals surface area (Å²) >= 11 is 0. The van der Waals surface area contributed by atoms with E-state index in [0.29, 0.717) is 5.56 Å². The summed E-state index contributed by atoms with van der Waals surface area (Å²) in [6.07, 6.45) is 1.01. The molecule has 3 heteroatoms. The lowest BCUT2D eigenvalue weighted by atomic mass is 10.1. The van der Waals surface area contributed by atoms with Gasteiger partial charge in [0.25, 0.3) is 0 Å². The molecule has 0 amide bonds. The van der Waals surface area contributed by atoms with Gasteiger partial charge in [-0.3, -0.25) is 0 Å². The Morgan fingerprint density at radius 2 is 2.19 bits per heavy atom. The van der Waals surface area contributed by atoms with E-state index < -0.39 is 0 Å². The van der Waals surface area contributed by atoms with Gasteiger partial charge in [0.2, 0.25) is 0 Å². The van der Waals surface area contributed by atoms with E-state index in [4.69, 9.17) is 4.74 Å². The molecule has 0 aliphatic carbocycles. The van der Waals surface area contributed by atoms with Gasteiger partial charge in [0.05, 0.1) is 0 Å². The Morgan fingerprint density at radius 1 is 1.38 bits per heavy atom. The van der Waals surface area contributed by atoms with Crippen molar-refractivity contribution < 1.29 is 9.13 Å². The normalized spacial score (nSPS) is 10.7. The second-order valence-corrected chi connectivity index (χ2v) is 3.81. The minimum Gasteiger partial charge on any atom is -0.382 e. The maximum absolute atomic E-state index is 13.0. The molecule has 1 rings (SSSR count). The molecule has 1 aromatic rings. The van der Waals surface area contributed by atoms with Crippen molar-refractivity contribution >= 4 is 0 Å². The zero-order valence-electron chi connectivity index (χ0n) is 10.1. The molecule has 0 heterocycles. The molecule has 0 aliphatic heterocycles. The highest BCUT2D eigenvalue weighted by molar-refractivity contribution is 5.23. The third kappa shape index (κ3) is 4.73. The number of hydrogen-bond donors (Lipinski definition) is 1. The van der Waals surface area contributed by atoms with E-state index in [2.05, 4.69) is 5.32 Å². The maximum atomic E-state index is 13.0. The van der Waals surface area contributed by atoms with Crippen molar-refractivity contribution in [1.29, 1.82) is 0 Å². The highest BCUT2D eigenvalue weighted by Crippen LogP contribution is 2.08. The van der Waals surface area contributed by atoms with E-state index in [1.807, 2.05) is 19.1 Å². The van der Waals surface area contributed by atoms with E-state index in [0.717, 1.165) is 38.3 Å². The summed E-state index contributed by atoms with van der Waals surface area (Å²) in [6.45, 7) is 7.06. The van der Waals surface area contributed by atoms with Gasteiger partial charge in [0.15, 0.2) is 0 Å². The first-order chi connectivity index (χ1) is 7.74. The number of halogens is 1. The first-order valence-corrected chi connectivity index (χ1v) is 5.77. The standard InChI is InChI=1S/C13H20FNO/c1-3-16-8-4-7-15-10-12-5-6-13(14)11(2)9-12/h5-6,9,15H,3-4,7-8,10H2,1-2H3.